The molecule has 0 aliphatic carbocycles. The van der Waals surface area contributed by atoms with E-state index in [1.165, 1.54) is 19.2 Å². The molecule has 0 unspecified atom stereocenters. The summed E-state index contributed by atoms with van der Waals surface area (Å²) >= 11 is 0. The summed E-state index contributed by atoms with van der Waals surface area (Å²) < 4.78 is 28.7. The fraction of sp³-hybridized carbons (Fsp3) is 0.300. The number of morpholine rings is 1. The number of anilines is 2. The summed E-state index contributed by atoms with van der Waals surface area (Å²) in [6, 6.07) is 11.1. The number of carbonyl (C=O) groups is 2. The zero-order valence-electron chi connectivity index (χ0n) is 15.4. The van der Waals surface area contributed by atoms with E-state index in [-0.39, 0.29) is 11.3 Å². The number of amides is 1. The van der Waals surface area contributed by atoms with Crippen molar-refractivity contribution in [1.29, 1.82) is 0 Å². The van der Waals surface area contributed by atoms with E-state index in [1.54, 1.807) is 12.1 Å². The third-order valence-corrected chi connectivity index (χ3v) is 4.25. The summed E-state index contributed by atoms with van der Waals surface area (Å²) in [7, 11) is 1.33. The van der Waals surface area contributed by atoms with Crippen LogP contribution in [0.15, 0.2) is 42.5 Å². The Labute approximate surface area is 162 Å². The highest BCUT2D eigenvalue weighted by atomic mass is 19.1. The molecule has 8 heteroatoms. The lowest BCUT2D eigenvalue weighted by Gasteiger charge is -2.28. The Morgan fingerprint density at radius 1 is 1.14 bits per heavy atom. The number of hydrogen-bond donors (Lipinski definition) is 1. The summed E-state index contributed by atoms with van der Waals surface area (Å²) in [6.45, 7) is 2.57. The van der Waals surface area contributed by atoms with Crippen molar-refractivity contribution in [1.82, 2.24) is 0 Å². The van der Waals surface area contributed by atoms with Crippen LogP contribution in [-0.2, 0) is 14.3 Å². The molecule has 0 spiro atoms. The number of halogens is 1. The highest BCUT2D eigenvalue weighted by Gasteiger charge is 2.14. The van der Waals surface area contributed by atoms with E-state index in [9.17, 15) is 14.0 Å². The van der Waals surface area contributed by atoms with Crippen molar-refractivity contribution >= 4 is 23.3 Å². The van der Waals surface area contributed by atoms with E-state index in [0.717, 1.165) is 24.8 Å². The Morgan fingerprint density at radius 3 is 2.50 bits per heavy atom. The SMILES string of the molecule is COc1ccc(C(=O)OCC(=O)Nc2ccc(N3CCOCC3)cc2)cc1F. The number of nitrogens with zero attached hydrogens (tertiary/aromatic N) is 1. The average Bonchev–Trinajstić information content (AvgIpc) is 2.73. The van der Waals surface area contributed by atoms with Crippen molar-refractivity contribution < 1.29 is 28.2 Å². The Balaban J connectivity index is 1.49. The fourth-order valence-electron chi connectivity index (χ4n) is 2.78. The lowest BCUT2D eigenvalue weighted by molar-refractivity contribution is -0.119. The van der Waals surface area contributed by atoms with Gasteiger partial charge in [0.2, 0.25) is 0 Å². The molecule has 2 aromatic carbocycles. The molecule has 1 N–H and O–H groups in total. The van der Waals surface area contributed by atoms with E-state index < -0.39 is 24.3 Å². The van der Waals surface area contributed by atoms with Gasteiger partial charge in [0.1, 0.15) is 0 Å². The lowest BCUT2D eigenvalue weighted by Crippen LogP contribution is -2.36. The largest absolute Gasteiger partial charge is 0.494 e. The van der Waals surface area contributed by atoms with Crippen LogP contribution in [0.4, 0.5) is 15.8 Å². The Kier molecular flexibility index (Phi) is 6.44. The molecular weight excluding hydrogens is 367 g/mol. The summed E-state index contributed by atoms with van der Waals surface area (Å²) in [4.78, 5) is 26.1. The normalized spacial score (nSPS) is 13.7. The minimum Gasteiger partial charge on any atom is -0.494 e. The molecule has 28 heavy (non-hydrogen) atoms. The fourth-order valence-corrected chi connectivity index (χ4v) is 2.78. The molecule has 1 aliphatic heterocycles. The molecule has 1 fully saturated rings. The summed E-state index contributed by atoms with van der Waals surface area (Å²) in [5.74, 6) is -1.93. The molecular formula is C20H21FN2O5. The molecule has 7 nitrogen and oxygen atoms in total. The third kappa shape index (κ3) is 4.98. The Morgan fingerprint density at radius 2 is 1.86 bits per heavy atom. The molecule has 0 bridgehead atoms. The number of hydrogen-bond acceptors (Lipinski definition) is 6. The number of benzene rings is 2. The molecule has 0 aromatic heterocycles. The summed E-state index contributed by atoms with van der Waals surface area (Å²) in [5, 5.41) is 2.66. The van der Waals surface area contributed by atoms with Gasteiger partial charge in [0.15, 0.2) is 18.2 Å². The van der Waals surface area contributed by atoms with Crippen LogP contribution in [0, 0.1) is 5.82 Å². The van der Waals surface area contributed by atoms with Crippen LogP contribution >= 0.6 is 0 Å². The quantitative estimate of drug-likeness (QED) is 0.766. The van der Waals surface area contributed by atoms with Crippen molar-refractivity contribution in [2.24, 2.45) is 0 Å². The first-order valence-electron chi connectivity index (χ1n) is 8.80. The first kappa shape index (κ1) is 19.6. The molecule has 1 saturated heterocycles. The van der Waals surface area contributed by atoms with Gasteiger partial charge in [0.05, 0.1) is 25.9 Å². The van der Waals surface area contributed by atoms with Gasteiger partial charge in [-0.05, 0) is 42.5 Å². The molecule has 0 radical (unpaired) electrons. The van der Waals surface area contributed by atoms with Crippen molar-refractivity contribution in [3.05, 3.63) is 53.8 Å². The smallest absolute Gasteiger partial charge is 0.338 e. The van der Waals surface area contributed by atoms with Crippen LogP contribution in [0.1, 0.15) is 10.4 Å². The van der Waals surface area contributed by atoms with Gasteiger partial charge in [-0.15, -0.1) is 0 Å². The van der Waals surface area contributed by atoms with E-state index in [2.05, 4.69) is 10.2 Å². The molecule has 148 valence electrons. The maximum Gasteiger partial charge on any atom is 0.338 e. The standard InChI is InChI=1S/C20H21FN2O5/c1-26-18-7-2-14(12-17(18)21)20(25)28-13-19(24)22-15-3-5-16(6-4-15)23-8-10-27-11-9-23/h2-7,12H,8-11,13H2,1H3,(H,22,24). The number of carbonyl (C=O) groups excluding carboxylic acids is 2. The number of rotatable bonds is 6. The molecule has 0 atom stereocenters. The lowest BCUT2D eigenvalue weighted by atomic mass is 10.2. The Bertz CT molecular complexity index is 835. The average molecular weight is 388 g/mol. The first-order chi connectivity index (χ1) is 13.6. The minimum absolute atomic E-state index is 0.000893. The van der Waals surface area contributed by atoms with Gasteiger partial charge >= 0.3 is 5.97 Å². The molecule has 2 aromatic rings. The van der Waals surface area contributed by atoms with Gasteiger partial charge in [0, 0.05) is 24.5 Å². The molecule has 1 aliphatic rings. The second-order valence-electron chi connectivity index (χ2n) is 6.12. The predicted octanol–water partition coefficient (Wildman–Crippen LogP) is 2.47. The van der Waals surface area contributed by atoms with Gasteiger partial charge < -0.3 is 24.4 Å². The van der Waals surface area contributed by atoms with Crippen LogP contribution in [0.25, 0.3) is 0 Å². The zero-order valence-corrected chi connectivity index (χ0v) is 15.4. The maximum absolute atomic E-state index is 13.6. The number of esters is 1. The monoisotopic (exact) mass is 388 g/mol. The topological polar surface area (TPSA) is 77.1 Å². The molecule has 0 saturated carbocycles. The second-order valence-corrected chi connectivity index (χ2v) is 6.12. The van der Waals surface area contributed by atoms with Gasteiger partial charge in [-0.2, -0.15) is 0 Å². The van der Waals surface area contributed by atoms with Crippen LogP contribution < -0.4 is 15.0 Å². The van der Waals surface area contributed by atoms with Gasteiger partial charge in [-0.3, -0.25) is 4.79 Å². The van der Waals surface area contributed by atoms with Crippen molar-refractivity contribution in [3.8, 4) is 5.75 Å². The highest BCUT2D eigenvalue weighted by molar-refractivity contribution is 5.95. The number of ether oxygens (including phenoxy) is 3. The maximum atomic E-state index is 13.6. The van der Waals surface area contributed by atoms with Crippen LogP contribution in [-0.4, -0.2) is 51.9 Å². The molecule has 3 rings (SSSR count). The van der Waals surface area contributed by atoms with Crippen molar-refractivity contribution in [3.63, 3.8) is 0 Å². The first-order valence-corrected chi connectivity index (χ1v) is 8.80. The van der Waals surface area contributed by atoms with Gasteiger partial charge in [-0.25, -0.2) is 9.18 Å². The third-order valence-electron chi connectivity index (χ3n) is 4.25. The van der Waals surface area contributed by atoms with E-state index in [1.807, 2.05) is 12.1 Å². The van der Waals surface area contributed by atoms with Crippen LogP contribution in [0.2, 0.25) is 0 Å². The molecule has 1 heterocycles. The second kappa shape index (κ2) is 9.18. The number of methoxy groups -OCH3 is 1. The Hall–Kier alpha value is -3.13. The van der Waals surface area contributed by atoms with E-state index in [4.69, 9.17) is 14.2 Å². The van der Waals surface area contributed by atoms with Crippen molar-refractivity contribution in [2.45, 2.75) is 0 Å². The summed E-state index contributed by atoms with van der Waals surface area (Å²) in [5.41, 5.74) is 1.64. The van der Waals surface area contributed by atoms with E-state index in [0.29, 0.717) is 18.9 Å². The highest BCUT2D eigenvalue weighted by Crippen LogP contribution is 2.20. The van der Waals surface area contributed by atoms with Gasteiger partial charge in [0.25, 0.3) is 5.91 Å². The summed E-state index contributed by atoms with van der Waals surface area (Å²) in [6.07, 6.45) is 0. The minimum atomic E-state index is -0.792. The predicted molar refractivity (Wildman–Crippen MR) is 101 cm³/mol. The van der Waals surface area contributed by atoms with E-state index >= 15 is 0 Å². The van der Waals surface area contributed by atoms with Crippen LogP contribution in [0.3, 0.4) is 0 Å². The molecule has 1 amide bonds. The van der Waals surface area contributed by atoms with Crippen LogP contribution in [0.5, 0.6) is 5.75 Å². The van der Waals surface area contributed by atoms with Crippen molar-refractivity contribution in [2.75, 3.05) is 50.2 Å². The van der Waals surface area contributed by atoms with Gasteiger partial charge in [-0.1, -0.05) is 0 Å². The zero-order chi connectivity index (χ0) is 19.9. The number of nitrogens with one attached hydrogen (secondary N) is 1.